The smallest absolute Gasteiger partial charge is 0.242 e. The van der Waals surface area contributed by atoms with Crippen LogP contribution in [-0.4, -0.2) is 45.6 Å². The lowest BCUT2D eigenvalue weighted by Gasteiger charge is -2.15. The second kappa shape index (κ2) is 8.92. The maximum absolute atomic E-state index is 13.2. The minimum atomic E-state index is -3.65. The van der Waals surface area contributed by atoms with Crippen LogP contribution in [0.3, 0.4) is 0 Å². The number of nitrogens with zero attached hydrogens (tertiary/aromatic N) is 1. The molecule has 0 unspecified atom stereocenters. The fourth-order valence-electron chi connectivity index (χ4n) is 2.06. The Morgan fingerprint density at radius 3 is 2.56 bits per heavy atom. The molecule has 0 aliphatic carbocycles. The quantitative estimate of drug-likeness (QED) is 0.678. The summed E-state index contributed by atoms with van der Waals surface area (Å²) >= 11 is 6.89. The van der Waals surface area contributed by atoms with Gasteiger partial charge in [0.2, 0.25) is 15.9 Å². The molecule has 0 saturated heterocycles. The van der Waals surface area contributed by atoms with Gasteiger partial charge in [-0.05, 0) is 36.4 Å². The average molecular weight is 433 g/mol. The monoisotopic (exact) mass is 432 g/mol. The number of carbonyl (C=O) groups excluding carboxylic acids is 1. The number of hydrogen-bond donors (Lipinski definition) is 1. The van der Waals surface area contributed by atoms with Crippen molar-refractivity contribution in [1.82, 2.24) is 4.31 Å². The van der Waals surface area contributed by atoms with Gasteiger partial charge in [0, 0.05) is 19.0 Å². The zero-order valence-electron chi connectivity index (χ0n) is 14.8. The van der Waals surface area contributed by atoms with Crippen molar-refractivity contribution in [3.8, 4) is 5.75 Å². The highest BCUT2D eigenvalue weighted by Gasteiger charge is 2.20. The zero-order chi connectivity index (χ0) is 20.2. The first-order chi connectivity index (χ1) is 12.6. The number of ether oxygens (including phenoxy) is 1. The van der Waals surface area contributed by atoms with E-state index in [9.17, 15) is 17.6 Å². The van der Waals surface area contributed by atoms with Crippen LogP contribution in [0, 0.1) is 5.82 Å². The van der Waals surface area contributed by atoms with Gasteiger partial charge < -0.3 is 10.1 Å². The summed E-state index contributed by atoms with van der Waals surface area (Å²) in [6, 6.07) is 8.38. The van der Waals surface area contributed by atoms with Crippen molar-refractivity contribution in [2.75, 3.05) is 32.3 Å². The highest BCUT2D eigenvalue weighted by Crippen LogP contribution is 2.29. The van der Waals surface area contributed by atoms with Crippen LogP contribution in [0.1, 0.15) is 0 Å². The molecule has 2 aromatic rings. The van der Waals surface area contributed by atoms with E-state index in [1.54, 1.807) is 0 Å². The van der Waals surface area contributed by atoms with Gasteiger partial charge >= 0.3 is 0 Å². The van der Waals surface area contributed by atoms with Gasteiger partial charge in [-0.15, -0.1) is 11.8 Å². The summed E-state index contributed by atoms with van der Waals surface area (Å²) in [5.74, 6) is -0.557. The van der Waals surface area contributed by atoms with Crippen molar-refractivity contribution in [1.29, 1.82) is 0 Å². The largest absolute Gasteiger partial charge is 0.495 e. The third-order valence-electron chi connectivity index (χ3n) is 3.48. The molecule has 0 spiro atoms. The number of amides is 1. The topological polar surface area (TPSA) is 75.7 Å². The van der Waals surface area contributed by atoms with Gasteiger partial charge in [0.1, 0.15) is 11.6 Å². The van der Waals surface area contributed by atoms with E-state index in [0.29, 0.717) is 10.6 Å². The first-order valence-electron chi connectivity index (χ1n) is 7.63. The molecular formula is C17H18ClFN2O4S2. The number of anilines is 1. The lowest BCUT2D eigenvalue weighted by atomic mass is 10.3. The highest BCUT2D eigenvalue weighted by atomic mass is 35.5. The number of carbonyl (C=O) groups is 1. The Hall–Kier alpha value is -1.81. The molecule has 0 atom stereocenters. The Kier molecular flexibility index (Phi) is 7.10. The van der Waals surface area contributed by atoms with Gasteiger partial charge in [-0.1, -0.05) is 11.6 Å². The average Bonchev–Trinajstić information content (AvgIpc) is 2.62. The van der Waals surface area contributed by atoms with E-state index < -0.39 is 15.8 Å². The third kappa shape index (κ3) is 5.35. The van der Waals surface area contributed by atoms with Gasteiger partial charge in [-0.3, -0.25) is 4.79 Å². The van der Waals surface area contributed by atoms with E-state index in [2.05, 4.69) is 5.32 Å². The molecule has 0 bridgehead atoms. The van der Waals surface area contributed by atoms with Crippen LogP contribution in [0.4, 0.5) is 10.1 Å². The fourth-order valence-corrected chi connectivity index (χ4v) is 3.97. The Balaban J connectivity index is 2.15. The fraction of sp³-hybridized carbons (Fsp3) is 0.235. The van der Waals surface area contributed by atoms with E-state index >= 15 is 0 Å². The maximum Gasteiger partial charge on any atom is 0.242 e. The predicted octanol–water partition coefficient (Wildman–Crippen LogP) is 3.47. The van der Waals surface area contributed by atoms with Gasteiger partial charge in [0.25, 0.3) is 0 Å². The van der Waals surface area contributed by atoms with Crippen LogP contribution in [0.5, 0.6) is 5.75 Å². The second-order valence-corrected chi connectivity index (χ2v) is 9.17. The number of rotatable bonds is 7. The van der Waals surface area contributed by atoms with Gasteiger partial charge in [-0.2, -0.15) is 0 Å². The lowest BCUT2D eigenvalue weighted by Crippen LogP contribution is -2.22. The third-order valence-corrected chi connectivity index (χ3v) is 6.58. The summed E-state index contributed by atoms with van der Waals surface area (Å²) in [7, 11) is 0.602. The Bertz CT molecular complexity index is 952. The Labute approximate surface area is 166 Å². The molecule has 1 N–H and O–H groups in total. The van der Waals surface area contributed by atoms with Crippen LogP contribution in [0.15, 0.2) is 46.2 Å². The molecule has 6 nitrogen and oxygen atoms in total. The molecular weight excluding hydrogens is 415 g/mol. The Morgan fingerprint density at radius 1 is 1.26 bits per heavy atom. The van der Waals surface area contributed by atoms with Crippen LogP contribution in [-0.2, 0) is 14.8 Å². The summed E-state index contributed by atoms with van der Waals surface area (Å²) in [6.45, 7) is 0. The van der Waals surface area contributed by atoms with Crippen molar-refractivity contribution in [3.05, 3.63) is 47.2 Å². The summed E-state index contributed by atoms with van der Waals surface area (Å²) in [4.78, 5) is 12.9. The van der Waals surface area contributed by atoms with Crippen LogP contribution in [0.25, 0.3) is 0 Å². The first kappa shape index (κ1) is 21.5. The van der Waals surface area contributed by atoms with Crippen molar-refractivity contribution in [2.45, 2.75) is 9.79 Å². The molecule has 2 aromatic carbocycles. The highest BCUT2D eigenvalue weighted by molar-refractivity contribution is 8.00. The molecule has 0 heterocycles. The van der Waals surface area contributed by atoms with Crippen LogP contribution >= 0.6 is 23.4 Å². The molecule has 0 aliphatic rings. The first-order valence-corrected chi connectivity index (χ1v) is 10.4. The van der Waals surface area contributed by atoms with E-state index in [1.807, 2.05) is 0 Å². The van der Waals surface area contributed by atoms with E-state index in [4.69, 9.17) is 16.3 Å². The van der Waals surface area contributed by atoms with Gasteiger partial charge in [0.05, 0.1) is 28.5 Å². The molecule has 0 fully saturated rings. The minimum Gasteiger partial charge on any atom is -0.495 e. The number of sulfonamides is 1. The maximum atomic E-state index is 13.2. The van der Waals surface area contributed by atoms with Crippen molar-refractivity contribution in [3.63, 3.8) is 0 Å². The molecule has 0 saturated carbocycles. The standard InChI is InChI=1S/C17H18ClFN2O4S2/c1-21(2)27(23,24)12-5-7-16(25-3)15(9-12)20-17(22)10-26-11-4-6-14(19)13(18)8-11/h4-9H,10H2,1-3H3,(H,20,22). The normalized spacial score (nSPS) is 11.5. The zero-order valence-corrected chi connectivity index (χ0v) is 17.2. The number of benzene rings is 2. The van der Waals surface area contributed by atoms with E-state index in [1.165, 1.54) is 69.4 Å². The number of halogens is 2. The minimum absolute atomic E-state index is 0.0236. The number of thioether (sulfide) groups is 1. The van der Waals surface area contributed by atoms with Crippen molar-refractivity contribution in [2.24, 2.45) is 0 Å². The summed E-state index contributed by atoms with van der Waals surface area (Å²) in [5, 5.41) is 2.61. The molecule has 0 aliphatic heterocycles. The second-order valence-electron chi connectivity index (χ2n) is 5.56. The molecule has 1 amide bonds. The SMILES string of the molecule is COc1ccc(S(=O)(=O)N(C)C)cc1NC(=O)CSc1ccc(F)c(Cl)c1. The molecule has 0 aromatic heterocycles. The molecule has 2 rings (SSSR count). The summed E-state index contributed by atoms with van der Waals surface area (Å²) in [6.07, 6.45) is 0. The van der Waals surface area contributed by atoms with Crippen molar-refractivity contribution < 1.29 is 22.3 Å². The molecule has 0 radical (unpaired) electrons. The predicted molar refractivity (Wildman–Crippen MR) is 105 cm³/mol. The summed E-state index contributed by atoms with van der Waals surface area (Å²) in [5.41, 5.74) is 0.239. The molecule has 27 heavy (non-hydrogen) atoms. The summed E-state index contributed by atoms with van der Waals surface area (Å²) < 4.78 is 44.0. The lowest BCUT2D eigenvalue weighted by molar-refractivity contribution is -0.113. The van der Waals surface area contributed by atoms with Gasteiger partial charge in [-0.25, -0.2) is 17.1 Å². The number of hydrogen-bond acceptors (Lipinski definition) is 5. The van der Waals surface area contributed by atoms with Crippen LogP contribution in [0.2, 0.25) is 5.02 Å². The van der Waals surface area contributed by atoms with Crippen molar-refractivity contribution >= 4 is 45.0 Å². The van der Waals surface area contributed by atoms with Gasteiger partial charge in [0.15, 0.2) is 0 Å². The Morgan fingerprint density at radius 2 is 1.96 bits per heavy atom. The number of nitrogens with one attached hydrogen (secondary N) is 1. The molecule has 146 valence electrons. The molecule has 10 heteroatoms. The van der Waals surface area contributed by atoms with E-state index in [0.717, 1.165) is 4.31 Å². The van der Waals surface area contributed by atoms with Crippen LogP contribution < -0.4 is 10.1 Å². The van der Waals surface area contributed by atoms with E-state index in [-0.39, 0.29) is 27.3 Å². The number of methoxy groups -OCH3 is 1.